The van der Waals surface area contributed by atoms with E-state index in [9.17, 15) is 4.79 Å². The number of hydrogen-bond donors (Lipinski definition) is 1. The number of rotatable bonds is 7. The molecule has 1 heterocycles. The van der Waals surface area contributed by atoms with Gasteiger partial charge in [0, 0.05) is 5.56 Å². The molecule has 2 aromatic carbocycles. The summed E-state index contributed by atoms with van der Waals surface area (Å²) in [6.07, 6.45) is -0.0302. The van der Waals surface area contributed by atoms with Gasteiger partial charge in [0.15, 0.2) is 6.10 Å². The third-order valence-corrected chi connectivity index (χ3v) is 4.29. The molecule has 146 valence electrons. The zero-order chi connectivity index (χ0) is 20.1. The van der Waals surface area contributed by atoms with Crippen molar-refractivity contribution >= 4 is 5.91 Å². The molecule has 28 heavy (non-hydrogen) atoms. The summed E-state index contributed by atoms with van der Waals surface area (Å²) < 4.78 is 11.1. The Labute approximate surface area is 164 Å². The standard InChI is InChI=1S/C22H25N3O3/c1-5-19(27-18-11-15(3)9-16(4)12-18)22(26)23-13-20-24-21(25-28-20)17-8-6-7-14(2)10-17/h6-12,19H,5,13H2,1-4H3,(H,23,26)/t19-/m0/s1. The lowest BCUT2D eigenvalue weighted by Gasteiger charge is -2.17. The van der Waals surface area contributed by atoms with Crippen LogP contribution in [0.4, 0.5) is 0 Å². The lowest BCUT2D eigenvalue weighted by molar-refractivity contribution is -0.128. The molecule has 1 atom stereocenters. The highest BCUT2D eigenvalue weighted by Gasteiger charge is 2.19. The van der Waals surface area contributed by atoms with Gasteiger partial charge in [-0.3, -0.25) is 4.79 Å². The first-order valence-electron chi connectivity index (χ1n) is 9.37. The first-order chi connectivity index (χ1) is 13.4. The van der Waals surface area contributed by atoms with Gasteiger partial charge < -0.3 is 14.6 Å². The van der Waals surface area contributed by atoms with Crippen molar-refractivity contribution in [1.82, 2.24) is 15.5 Å². The fourth-order valence-electron chi connectivity index (χ4n) is 2.99. The van der Waals surface area contributed by atoms with E-state index in [0.717, 1.165) is 22.3 Å². The Morgan fingerprint density at radius 3 is 2.54 bits per heavy atom. The Morgan fingerprint density at radius 2 is 1.86 bits per heavy atom. The lowest BCUT2D eigenvalue weighted by Crippen LogP contribution is -2.37. The van der Waals surface area contributed by atoms with Crippen LogP contribution >= 0.6 is 0 Å². The highest BCUT2D eigenvalue weighted by atomic mass is 16.5. The van der Waals surface area contributed by atoms with E-state index in [-0.39, 0.29) is 12.5 Å². The summed E-state index contributed by atoms with van der Waals surface area (Å²) in [6, 6.07) is 13.8. The monoisotopic (exact) mass is 379 g/mol. The number of aromatic nitrogens is 2. The SMILES string of the molecule is CC[C@H](Oc1cc(C)cc(C)c1)C(=O)NCc1nc(-c2cccc(C)c2)no1. The van der Waals surface area contributed by atoms with Crippen molar-refractivity contribution in [3.8, 4) is 17.1 Å². The van der Waals surface area contributed by atoms with Crippen LogP contribution in [0.5, 0.6) is 5.75 Å². The summed E-state index contributed by atoms with van der Waals surface area (Å²) in [5.74, 6) is 1.34. The van der Waals surface area contributed by atoms with E-state index in [1.165, 1.54) is 0 Å². The van der Waals surface area contributed by atoms with E-state index < -0.39 is 6.10 Å². The largest absolute Gasteiger partial charge is 0.481 e. The van der Waals surface area contributed by atoms with Crippen LogP contribution in [0, 0.1) is 20.8 Å². The van der Waals surface area contributed by atoms with Crippen molar-refractivity contribution in [3.63, 3.8) is 0 Å². The average molecular weight is 379 g/mol. The summed E-state index contributed by atoms with van der Waals surface area (Å²) in [7, 11) is 0. The van der Waals surface area contributed by atoms with E-state index >= 15 is 0 Å². The van der Waals surface area contributed by atoms with Gasteiger partial charge in [0.1, 0.15) is 5.75 Å². The molecule has 1 aromatic heterocycles. The maximum atomic E-state index is 12.5. The molecule has 6 nitrogen and oxygen atoms in total. The minimum Gasteiger partial charge on any atom is -0.481 e. The van der Waals surface area contributed by atoms with Gasteiger partial charge in [-0.05, 0) is 56.5 Å². The molecule has 0 aliphatic carbocycles. The number of carbonyl (C=O) groups excluding carboxylic acids is 1. The van der Waals surface area contributed by atoms with Gasteiger partial charge in [-0.25, -0.2) is 0 Å². The predicted octanol–water partition coefficient (Wildman–Crippen LogP) is 4.14. The second kappa shape index (κ2) is 8.69. The van der Waals surface area contributed by atoms with Crippen LogP contribution in [-0.2, 0) is 11.3 Å². The molecule has 0 spiro atoms. The minimum absolute atomic E-state index is 0.157. The normalized spacial score (nSPS) is 11.9. The molecule has 0 unspecified atom stereocenters. The number of aryl methyl sites for hydroxylation is 3. The number of carbonyl (C=O) groups is 1. The third-order valence-electron chi connectivity index (χ3n) is 4.29. The van der Waals surface area contributed by atoms with E-state index in [1.807, 2.05) is 64.1 Å². The molecule has 0 radical (unpaired) electrons. The molecule has 6 heteroatoms. The summed E-state index contributed by atoms with van der Waals surface area (Å²) in [5, 5.41) is 6.80. The van der Waals surface area contributed by atoms with Gasteiger partial charge >= 0.3 is 0 Å². The molecule has 1 amide bonds. The first kappa shape index (κ1) is 19.6. The second-order valence-corrected chi connectivity index (χ2v) is 6.94. The van der Waals surface area contributed by atoms with Crippen LogP contribution in [0.2, 0.25) is 0 Å². The van der Waals surface area contributed by atoms with E-state index in [4.69, 9.17) is 9.26 Å². The number of ether oxygens (including phenoxy) is 1. The molecule has 3 aromatic rings. The van der Waals surface area contributed by atoms with E-state index in [1.54, 1.807) is 0 Å². The van der Waals surface area contributed by atoms with Crippen LogP contribution in [0.3, 0.4) is 0 Å². The van der Waals surface area contributed by atoms with Crippen LogP contribution in [0.25, 0.3) is 11.4 Å². The molecule has 1 N–H and O–H groups in total. The minimum atomic E-state index is -0.583. The van der Waals surface area contributed by atoms with E-state index in [2.05, 4.69) is 21.5 Å². The number of hydrogen-bond acceptors (Lipinski definition) is 5. The van der Waals surface area contributed by atoms with Crippen LogP contribution < -0.4 is 10.1 Å². The molecule has 0 saturated heterocycles. The molecule has 0 saturated carbocycles. The molecule has 0 aliphatic heterocycles. The van der Waals surface area contributed by atoms with Gasteiger partial charge in [-0.15, -0.1) is 0 Å². The highest BCUT2D eigenvalue weighted by molar-refractivity contribution is 5.81. The zero-order valence-corrected chi connectivity index (χ0v) is 16.7. The fraction of sp³-hybridized carbons (Fsp3) is 0.318. The zero-order valence-electron chi connectivity index (χ0n) is 16.7. The van der Waals surface area contributed by atoms with Crippen molar-refractivity contribution in [1.29, 1.82) is 0 Å². The smallest absolute Gasteiger partial charge is 0.261 e. The molecule has 0 bridgehead atoms. The quantitative estimate of drug-likeness (QED) is 0.668. The summed E-state index contributed by atoms with van der Waals surface area (Å²) in [5.41, 5.74) is 4.19. The third kappa shape index (κ3) is 4.97. The van der Waals surface area contributed by atoms with Gasteiger partial charge in [-0.2, -0.15) is 4.98 Å². The average Bonchev–Trinajstić information content (AvgIpc) is 3.12. The van der Waals surface area contributed by atoms with Crippen molar-refractivity contribution in [2.24, 2.45) is 0 Å². The van der Waals surface area contributed by atoms with Crippen molar-refractivity contribution in [2.75, 3.05) is 0 Å². The maximum Gasteiger partial charge on any atom is 0.261 e. The Balaban J connectivity index is 1.61. The van der Waals surface area contributed by atoms with Crippen molar-refractivity contribution in [2.45, 2.75) is 46.8 Å². The second-order valence-electron chi connectivity index (χ2n) is 6.94. The van der Waals surface area contributed by atoms with Crippen LogP contribution in [0.1, 0.15) is 35.9 Å². The van der Waals surface area contributed by atoms with Gasteiger partial charge in [0.05, 0.1) is 6.54 Å². The number of nitrogens with zero attached hydrogens (tertiary/aromatic N) is 2. The molecular weight excluding hydrogens is 354 g/mol. The molecule has 0 fully saturated rings. The highest BCUT2D eigenvalue weighted by Crippen LogP contribution is 2.19. The Morgan fingerprint density at radius 1 is 1.11 bits per heavy atom. The van der Waals surface area contributed by atoms with Crippen molar-refractivity contribution < 1.29 is 14.1 Å². The van der Waals surface area contributed by atoms with E-state index in [0.29, 0.717) is 23.9 Å². The van der Waals surface area contributed by atoms with Crippen LogP contribution in [0.15, 0.2) is 47.0 Å². The Bertz CT molecular complexity index is 945. The molecule has 0 aliphatic rings. The van der Waals surface area contributed by atoms with Gasteiger partial charge in [0.25, 0.3) is 5.91 Å². The Kier molecular flexibility index (Phi) is 6.09. The number of benzene rings is 2. The summed E-state index contributed by atoms with van der Waals surface area (Å²) in [4.78, 5) is 16.9. The molecular formula is C22H25N3O3. The fourth-order valence-corrected chi connectivity index (χ4v) is 2.99. The lowest BCUT2D eigenvalue weighted by atomic mass is 10.1. The first-order valence-corrected chi connectivity index (χ1v) is 9.37. The van der Waals surface area contributed by atoms with Gasteiger partial charge in [-0.1, -0.05) is 41.9 Å². The Hall–Kier alpha value is -3.15. The van der Waals surface area contributed by atoms with Crippen molar-refractivity contribution in [3.05, 3.63) is 65.0 Å². The number of amides is 1. The summed E-state index contributed by atoms with van der Waals surface area (Å²) in [6.45, 7) is 8.08. The topological polar surface area (TPSA) is 77.2 Å². The summed E-state index contributed by atoms with van der Waals surface area (Å²) >= 11 is 0. The number of nitrogens with one attached hydrogen (secondary N) is 1. The predicted molar refractivity (Wildman–Crippen MR) is 107 cm³/mol. The maximum absolute atomic E-state index is 12.5. The van der Waals surface area contributed by atoms with Gasteiger partial charge in [0.2, 0.25) is 11.7 Å². The molecule has 3 rings (SSSR count). The van der Waals surface area contributed by atoms with Crippen LogP contribution in [-0.4, -0.2) is 22.2 Å².